The van der Waals surface area contributed by atoms with Gasteiger partial charge in [-0.3, -0.25) is 4.79 Å². The van der Waals surface area contributed by atoms with Crippen molar-refractivity contribution in [3.05, 3.63) is 40.7 Å². The zero-order valence-corrected chi connectivity index (χ0v) is 12.5. The van der Waals surface area contributed by atoms with Crippen molar-refractivity contribution in [3.63, 3.8) is 0 Å². The van der Waals surface area contributed by atoms with Gasteiger partial charge in [-0.15, -0.1) is 10.2 Å². The third-order valence-corrected chi connectivity index (χ3v) is 4.48. The largest absolute Gasteiger partial charge is 0.300 e. The molecular formula is C15H16FN3OS. The Balaban J connectivity index is 1.58. The van der Waals surface area contributed by atoms with Crippen LogP contribution in [-0.4, -0.2) is 16.1 Å². The van der Waals surface area contributed by atoms with E-state index in [0.717, 1.165) is 29.8 Å². The Labute approximate surface area is 126 Å². The molecule has 110 valence electrons. The molecule has 0 aliphatic heterocycles. The number of halogens is 1. The number of aryl methyl sites for hydroxylation is 1. The second-order valence-corrected chi connectivity index (χ2v) is 6.30. The molecule has 1 N–H and O–H groups in total. The summed E-state index contributed by atoms with van der Waals surface area (Å²) >= 11 is 1.43. The first kappa shape index (κ1) is 14.1. The molecule has 21 heavy (non-hydrogen) atoms. The standard InChI is InChI=1S/C15H16FN3OS/c1-2-3-13-18-19-15(21-13)17-14(20)12-8-11(12)9-4-6-10(16)7-5-9/h4-7,11-12H,2-3,8H2,1H3,(H,17,19,20). The number of hydrogen-bond donors (Lipinski definition) is 1. The van der Waals surface area contributed by atoms with Crippen LogP contribution in [-0.2, 0) is 11.2 Å². The third-order valence-electron chi connectivity index (χ3n) is 3.59. The quantitative estimate of drug-likeness (QED) is 0.921. The highest BCUT2D eigenvalue weighted by Gasteiger charge is 2.44. The van der Waals surface area contributed by atoms with E-state index < -0.39 is 0 Å². The smallest absolute Gasteiger partial charge is 0.229 e. The lowest BCUT2D eigenvalue weighted by Gasteiger charge is -2.01. The minimum Gasteiger partial charge on any atom is -0.300 e. The molecular weight excluding hydrogens is 289 g/mol. The maximum atomic E-state index is 12.9. The van der Waals surface area contributed by atoms with Gasteiger partial charge in [0.25, 0.3) is 0 Å². The minimum absolute atomic E-state index is 0.0245. The summed E-state index contributed by atoms with van der Waals surface area (Å²) in [7, 11) is 0. The number of anilines is 1. The minimum atomic E-state index is -0.252. The second-order valence-electron chi connectivity index (χ2n) is 5.24. The summed E-state index contributed by atoms with van der Waals surface area (Å²) < 4.78 is 12.9. The van der Waals surface area contributed by atoms with Gasteiger partial charge in [-0.2, -0.15) is 0 Å². The summed E-state index contributed by atoms with van der Waals surface area (Å²) in [4.78, 5) is 12.1. The molecule has 0 bridgehead atoms. The highest BCUT2D eigenvalue weighted by Crippen LogP contribution is 2.48. The van der Waals surface area contributed by atoms with Gasteiger partial charge in [-0.05, 0) is 36.5 Å². The molecule has 0 radical (unpaired) electrons. The van der Waals surface area contributed by atoms with Crippen LogP contribution in [0.1, 0.15) is 36.3 Å². The van der Waals surface area contributed by atoms with Gasteiger partial charge < -0.3 is 5.32 Å². The van der Waals surface area contributed by atoms with Crippen LogP contribution in [0.2, 0.25) is 0 Å². The van der Waals surface area contributed by atoms with Crippen LogP contribution in [0.25, 0.3) is 0 Å². The summed E-state index contributed by atoms with van der Waals surface area (Å²) in [6, 6.07) is 6.37. The van der Waals surface area contributed by atoms with E-state index in [9.17, 15) is 9.18 Å². The van der Waals surface area contributed by atoms with Crippen molar-refractivity contribution in [2.75, 3.05) is 5.32 Å². The Morgan fingerprint density at radius 1 is 1.38 bits per heavy atom. The van der Waals surface area contributed by atoms with Gasteiger partial charge in [0.1, 0.15) is 10.8 Å². The van der Waals surface area contributed by atoms with Crippen LogP contribution in [0.5, 0.6) is 0 Å². The number of benzene rings is 1. The average Bonchev–Trinajstić information content (AvgIpc) is 3.16. The molecule has 0 saturated heterocycles. The van der Waals surface area contributed by atoms with Gasteiger partial charge in [-0.1, -0.05) is 30.4 Å². The summed E-state index contributed by atoms with van der Waals surface area (Å²) in [6.07, 6.45) is 2.70. The van der Waals surface area contributed by atoms with Gasteiger partial charge in [0.2, 0.25) is 11.0 Å². The van der Waals surface area contributed by atoms with Crippen molar-refractivity contribution < 1.29 is 9.18 Å². The number of carbonyl (C=O) groups excluding carboxylic acids is 1. The van der Waals surface area contributed by atoms with Crippen molar-refractivity contribution in [1.29, 1.82) is 0 Å². The van der Waals surface area contributed by atoms with E-state index in [0.29, 0.717) is 5.13 Å². The van der Waals surface area contributed by atoms with Gasteiger partial charge in [-0.25, -0.2) is 4.39 Å². The lowest BCUT2D eigenvalue weighted by molar-refractivity contribution is -0.117. The number of nitrogens with one attached hydrogen (secondary N) is 1. The molecule has 2 unspecified atom stereocenters. The van der Waals surface area contributed by atoms with E-state index in [1.165, 1.54) is 23.5 Å². The molecule has 1 aliphatic carbocycles. The first-order valence-electron chi connectivity index (χ1n) is 7.06. The van der Waals surface area contributed by atoms with E-state index in [2.05, 4.69) is 22.4 Å². The molecule has 2 aromatic rings. The first-order valence-corrected chi connectivity index (χ1v) is 7.87. The van der Waals surface area contributed by atoms with Gasteiger partial charge in [0.15, 0.2) is 0 Å². The highest BCUT2D eigenvalue weighted by atomic mass is 32.1. The molecule has 2 atom stereocenters. The molecule has 1 fully saturated rings. The fraction of sp³-hybridized carbons (Fsp3) is 0.400. The number of rotatable bonds is 5. The van der Waals surface area contributed by atoms with Crippen molar-refractivity contribution in [3.8, 4) is 0 Å². The molecule has 1 heterocycles. The average molecular weight is 305 g/mol. The third kappa shape index (κ3) is 3.26. The van der Waals surface area contributed by atoms with Crippen LogP contribution in [0.4, 0.5) is 9.52 Å². The maximum absolute atomic E-state index is 12.9. The fourth-order valence-electron chi connectivity index (χ4n) is 2.38. The second kappa shape index (κ2) is 5.89. The van der Waals surface area contributed by atoms with Crippen molar-refractivity contribution in [2.24, 2.45) is 5.92 Å². The van der Waals surface area contributed by atoms with E-state index in [1.54, 1.807) is 12.1 Å². The topological polar surface area (TPSA) is 54.9 Å². The maximum Gasteiger partial charge on any atom is 0.229 e. The van der Waals surface area contributed by atoms with Gasteiger partial charge >= 0.3 is 0 Å². The predicted molar refractivity (Wildman–Crippen MR) is 79.8 cm³/mol. The molecule has 3 rings (SSSR count). The zero-order chi connectivity index (χ0) is 14.8. The van der Waals surface area contributed by atoms with Crippen LogP contribution in [0.3, 0.4) is 0 Å². The normalized spacial score (nSPS) is 20.3. The number of carbonyl (C=O) groups is 1. The molecule has 1 amide bonds. The lowest BCUT2D eigenvalue weighted by atomic mass is 10.1. The van der Waals surface area contributed by atoms with Crippen LogP contribution in [0, 0.1) is 11.7 Å². The fourth-order valence-corrected chi connectivity index (χ4v) is 3.22. The van der Waals surface area contributed by atoms with E-state index >= 15 is 0 Å². The summed E-state index contributed by atoms with van der Waals surface area (Å²) in [5.74, 6) is -0.135. The molecule has 1 aromatic heterocycles. The van der Waals surface area contributed by atoms with E-state index in [-0.39, 0.29) is 23.6 Å². The number of aromatic nitrogens is 2. The Kier molecular flexibility index (Phi) is 3.96. The van der Waals surface area contributed by atoms with Gasteiger partial charge in [0, 0.05) is 12.3 Å². The Morgan fingerprint density at radius 2 is 2.14 bits per heavy atom. The Morgan fingerprint density at radius 3 is 2.86 bits per heavy atom. The summed E-state index contributed by atoms with van der Waals surface area (Å²) in [5.41, 5.74) is 1.01. The van der Waals surface area contributed by atoms with Crippen LogP contribution >= 0.6 is 11.3 Å². The Hall–Kier alpha value is -1.82. The van der Waals surface area contributed by atoms with Crippen LogP contribution < -0.4 is 5.32 Å². The summed E-state index contributed by atoms with van der Waals surface area (Å²) in [5, 5.41) is 12.4. The predicted octanol–water partition coefficient (Wildman–Crippen LogP) is 3.37. The van der Waals surface area contributed by atoms with Crippen molar-refractivity contribution >= 4 is 22.4 Å². The first-order chi connectivity index (χ1) is 10.2. The van der Waals surface area contributed by atoms with Gasteiger partial charge in [0.05, 0.1) is 0 Å². The molecule has 1 aliphatic rings. The number of nitrogens with zero attached hydrogens (tertiary/aromatic N) is 2. The molecule has 1 saturated carbocycles. The van der Waals surface area contributed by atoms with E-state index in [1.807, 2.05) is 0 Å². The molecule has 4 nitrogen and oxygen atoms in total. The number of amides is 1. The van der Waals surface area contributed by atoms with Crippen LogP contribution in [0.15, 0.2) is 24.3 Å². The summed E-state index contributed by atoms with van der Waals surface area (Å²) in [6.45, 7) is 2.08. The van der Waals surface area contributed by atoms with Crippen molar-refractivity contribution in [2.45, 2.75) is 32.1 Å². The number of hydrogen-bond acceptors (Lipinski definition) is 4. The lowest BCUT2D eigenvalue weighted by Crippen LogP contribution is -2.14. The zero-order valence-electron chi connectivity index (χ0n) is 11.7. The highest BCUT2D eigenvalue weighted by molar-refractivity contribution is 7.15. The SMILES string of the molecule is CCCc1nnc(NC(=O)C2CC2c2ccc(F)cc2)s1. The monoisotopic (exact) mass is 305 g/mol. The molecule has 1 aromatic carbocycles. The van der Waals surface area contributed by atoms with E-state index in [4.69, 9.17) is 0 Å². The van der Waals surface area contributed by atoms with Crippen molar-refractivity contribution in [1.82, 2.24) is 10.2 Å². The molecule has 0 spiro atoms. The Bertz CT molecular complexity index is 641. The molecule has 6 heteroatoms.